The summed E-state index contributed by atoms with van der Waals surface area (Å²) < 4.78 is 4.99. The summed E-state index contributed by atoms with van der Waals surface area (Å²) in [6.07, 6.45) is 4.62. The molecule has 0 N–H and O–H groups in total. The van der Waals surface area contributed by atoms with E-state index in [0.717, 1.165) is 24.3 Å². The van der Waals surface area contributed by atoms with Gasteiger partial charge in [0.1, 0.15) is 0 Å². The van der Waals surface area contributed by atoms with Crippen molar-refractivity contribution in [3.8, 4) is 0 Å². The normalized spacial score (nSPS) is 29.5. The van der Waals surface area contributed by atoms with Crippen molar-refractivity contribution < 1.29 is 9.53 Å². The lowest BCUT2D eigenvalue weighted by Gasteiger charge is -2.33. The highest BCUT2D eigenvalue weighted by molar-refractivity contribution is 5.68. The summed E-state index contributed by atoms with van der Waals surface area (Å²) in [5.41, 5.74) is 1.01. The molecule has 2 fully saturated rings. The minimum atomic E-state index is -0.211. The first kappa shape index (κ1) is 18.3. The van der Waals surface area contributed by atoms with Crippen molar-refractivity contribution in [3.05, 3.63) is 12.2 Å². The van der Waals surface area contributed by atoms with Crippen LogP contribution in [0.1, 0.15) is 46.5 Å². The average Bonchev–Trinajstić information content (AvgIpc) is 2.87. The molecule has 0 aromatic carbocycles. The van der Waals surface area contributed by atoms with Crippen molar-refractivity contribution in [2.75, 3.05) is 33.3 Å². The van der Waals surface area contributed by atoms with E-state index in [0.29, 0.717) is 24.4 Å². The molecule has 1 saturated carbocycles. The summed E-state index contributed by atoms with van der Waals surface area (Å²) in [6, 6.07) is 0.294. The van der Waals surface area contributed by atoms with Crippen molar-refractivity contribution in [2.24, 2.45) is 17.8 Å². The van der Waals surface area contributed by atoms with Gasteiger partial charge in [-0.1, -0.05) is 26.0 Å². The first-order chi connectivity index (χ1) is 10.9. The fourth-order valence-corrected chi connectivity index (χ4v) is 4.14. The molecule has 2 aliphatic rings. The highest BCUT2D eigenvalue weighted by atomic mass is 16.5. The number of nitrogens with zero attached hydrogens (tertiary/aromatic N) is 2. The molecule has 1 amide bonds. The van der Waals surface area contributed by atoms with E-state index in [9.17, 15) is 4.79 Å². The van der Waals surface area contributed by atoms with Crippen LogP contribution < -0.4 is 0 Å². The molecular formula is C19H34N2O2. The number of carbonyl (C=O) groups is 1. The predicted molar refractivity (Wildman–Crippen MR) is 94.4 cm³/mol. The Kier molecular flexibility index (Phi) is 6.51. The molecule has 1 heterocycles. The number of carbonyl (C=O) groups excluding carboxylic acids is 1. The topological polar surface area (TPSA) is 32.8 Å². The lowest BCUT2D eigenvalue weighted by molar-refractivity contribution is 0.107. The van der Waals surface area contributed by atoms with Crippen LogP contribution in [0.25, 0.3) is 0 Å². The number of hydrogen-bond acceptors (Lipinski definition) is 3. The molecule has 0 bridgehead atoms. The van der Waals surface area contributed by atoms with Gasteiger partial charge in [0.15, 0.2) is 0 Å². The SMILES string of the molecule is C=C(C)CN(C(=O)OC)C1C[C@H](CN2CCC(C)CC2)[C@@H](C)C1. The van der Waals surface area contributed by atoms with Crippen LogP contribution in [0.5, 0.6) is 0 Å². The molecule has 1 unspecified atom stereocenters. The van der Waals surface area contributed by atoms with Gasteiger partial charge in [0, 0.05) is 19.1 Å². The number of amides is 1. The summed E-state index contributed by atoms with van der Waals surface area (Å²) in [4.78, 5) is 16.6. The second-order valence-electron chi connectivity index (χ2n) is 7.90. The number of ether oxygens (including phenoxy) is 1. The van der Waals surface area contributed by atoms with Gasteiger partial charge in [-0.05, 0) is 63.5 Å². The smallest absolute Gasteiger partial charge is 0.410 e. The van der Waals surface area contributed by atoms with Gasteiger partial charge in [-0.2, -0.15) is 0 Å². The van der Waals surface area contributed by atoms with Gasteiger partial charge in [0.25, 0.3) is 0 Å². The molecule has 132 valence electrons. The van der Waals surface area contributed by atoms with E-state index in [1.54, 1.807) is 0 Å². The van der Waals surface area contributed by atoms with Gasteiger partial charge < -0.3 is 14.5 Å². The summed E-state index contributed by atoms with van der Waals surface area (Å²) in [5, 5.41) is 0. The Morgan fingerprint density at radius 1 is 1.26 bits per heavy atom. The molecule has 4 nitrogen and oxygen atoms in total. The van der Waals surface area contributed by atoms with Crippen LogP contribution in [0, 0.1) is 17.8 Å². The second-order valence-corrected chi connectivity index (χ2v) is 7.90. The minimum absolute atomic E-state index is 0.211. The lowest BCUT2D eigenvalue weighted by atomic mass is 9.94. The molecule has 4 heteroatoms. The van der Waals surface area contributed by atoms with Gasteiger partial charge in [0.05, 0.1) is 7.11 Å². The summed E-state index contributed by atoms with van der Waals surface area (Å²) in [7, 11) is 1.47. The van der Waals surface area contributed by atoms with Crippen LogP contribution in [-0.4, -0.2) is 55.2 Å². The molecule has 1 aliphatic heterocycles. The van der Waals surface area contributed by atoms with Crippen molar-refractivity contribution in [1.29, 1.82) is 0 Å². The quantitative estimate of drug-likeness (QED) is 0.722. The lowest BCUT2D eigenvalue weighted by Crippen LogP contribution is -2.40. The van der Waals surface area contributed by atoms with E-state index in [4.69, 9.17) is 4.74 Å². The van der Waals surface area contributed by atoms with E-state index < -0.39 is 0 Å². The first-order valence-electron chi connectivity index (χ1n) is 9.12. The molecule has 0 radical (unpaired) electrons. The zero-order valence-electron chi connectivity index (χ0n) is 15.4. The molecule has 0 aromatic rings. The zero-order valence-corrected chi connectivity index (χ0v) is 15.4. The Morgan fingerprint density at radius 2 is 1.91 bits per heavy atom. The van der Waals surface area contributed by atoms with Crippen LogP contribution in [0.4, 0.5) is 4.79 Å². The minimum Gasteiger partial charge on any atom is -0.453 e. The third-order valence-electron chi connectivity index (χ3n) is 5.68. The monoisotopic (exact) mass is 322 g/mol. The van der Waals surface area contributed by atoms with Gasteiger partial charge >= 0.3 is 6.09 Å². The van der Waals surface area contributed by atoms with Crippen LogP contribution in [0.3, 0.4) is 0 Å². The largest absolute Gasteiger partial charge is 0.453 e. The van der Waals surface area contributed by atoms with E-state index in [-0.39, 0.29) is 6.09 Å². The van der Waals surface area contributed by atoms with Gasteiger partial charge in [-0.3, -0.25) is 0 Å². The van der Waals surface area contributed by atoms with E-state index in [1.807, 2.05) is 11.8 Å². The molecule has 0 aromatic heterocycles. The second kappa shape index (κ2) is 8.18. The molecule has 1 aliphatic carbocycles. The maximum atomic E-state index is 12.1. The van der Waals surface area contributed by atoms with E-state index >= 15 is 0 Å². The standard InChI is InChI=1S/C19H34N2O2/c1-14(2)12-21(19(22)23-5)18-10-16(4)17(11-18)13-20-8-6-15(3)7-9-20/h15-18H,1,6-13H2,2-5H3/t16-,17+,18?/m0/s1. The Bertz CT molecular complexity index is 416. The maximum Gasteiger partial charge on any atom is 0.410 e. The summed E-state index contributed by atoms with van der Waals surface area (Å²) >= 11 is 0. The van der Waals surface area contributed by atoms with E-state index in [1.165, 1.54) is 39.6 Å². The Balaban J connectivity index is 1.93. The number of piperidine rings is 1. The van der Waals surface area contributed by atoms with Gasteiger partial charge in [-0.15, -0.1) is 0 Å². The fraction of sp³-hybridized carbons (Fsp3) is 0.842. The number of methoxy groups -OCH3 is 1. The summed E-state index contributed by atoms with van der Waals surface area (Å²) in [6.45, 7) is 14.9. The van der Waals surface area contributed by atoms with Crippen molar-refractivity contribution in [3.63, 3.8) is 0 Å². The highest BCUT2D eigenvalue weighted by Gasteiger charge is 2.37. The van der Waals surface area contributed by atoms with Crippen LogP contribution in [-0.2, 0) is 4.74 Å². The highest BCUT2D eigenvalue weighted by Crippen LogP contribution is 2.36. The molecule has 1 saturated heterocycles. The number of hydrogen-bond donors (Lipinski definition) is 0. The maximum absolute atomic E-state index is 12.1. The Hall–Kier alpha value is -1.03. The van der Waals surface area contributed by atoms with Crippen molar-refractivity contribution in [2.45, 2.75) is 52.5 Å². The zero-order chi connectivity index (χ0) is 17.0. The number of rotatable bonds is 5. The summed E-state index contributed by atoms with van der Waals surface area (Å²) in [5.74, 6) is 2.23. The van der Waals surface area contributed by atoms with Crippen LogP contribution in [0.15, 0.2) is 12.2 Å². The van der Waals surface area contributed by atoms with Crippen LogP contribution in [0.2, 0.25) is 0 Å². The predicted octanol–water partition coefficient (Wildman–Crippen LogP) is 3.78. The van der Waals surface area contributed by atoms with Crippen molar-refractivity contribution in [1.82, 2.24) is 9.80 Å². The third-order valence-corrected chi connectivity index (χ3v) is 5.68. The van der Waals surface area contributed by atoms with E-state index in [2.05, 4.69) is 25.3 Å². The molecule has 2 rings (SSSR count). The van der Waals surface area contributed by atoms with Crippen LogP contribution >= 0.6 is 0 Å². The Morgan fingerprint density at radius 3 is 2.48 bits per heavy atom. The average molecular weight is 322 g/mol. The fourth-order valence-electron chi connectivity index (χ4n) is 4.14. The first-order valence-corrected chi connectivity index (χ1v) is 9.12. The molecule has 3 atom stereocenters. The van der Waals surface area contributed by atoms with Gasteiger partial charge in [0.2, 0.25) is 0 Å². The Labute approximate surface area is 141 Å². The molecular weight excluding hydrogens is 288 g/mol. The van der Waals surface area contributed by atoms with Crippen molar-refractivity contribution >= 4 is 6.09 Å². The number of likely N-dealkylation sites (tertiary alicyclic amines) is 1. The molecule has 0 spiro atoms. The third kappa shape index (κ3) is 4.97. The van der Waals surface area contributed by atoms with Gasteiger partial charge in [-0.25, -0.2) is 4.79 Å². The molecule has 23 heavy (non-hydrogen) atoms.